The molecule has 0 bridgehead atoms. The van der Waals surface area contributed by atoms with E-state index in [-0.39, 0.29) is 0 Å². The Labute approximate surface area is 84.6 Å². The van der Waals surface area contributed by atoms with E-state index in [2.05, 4.69) is 19.7 Å². The summed E-state index contributed by atoms with van der Waals surface area (Å²) in [5, 5.41) is 1.96. The number of fused-ring (bicyclic) bond motifs is 2. The highest BCUT2D eigenvalue weighted by Crippen LogP contribution is 2.27. The quantitative estimate of drug-likeness (QED) is 0.663. The van der Waals surface area contributed by atoms with Crippen LogP contribution in [0.15, 0.2) is 24.0 Å². The van der Waals surface area contributed by atoms with Crippen LogP contribution >= 0.6 is 11.9 Å². The molecule has 68 valence electrons. The van der Waals surface area contributed by atoms with Gasteiger partial charge in [0.05, 0.1) is 23.1 Å². The first kappa shape index (κ1) is 7.75. The Morgan fingerprint density at radius 2 is 2.29 bits per heavy atom. The maximum atomic E-state index is 4.43. The molecule has 5 heteroatoms. The Hall–Kier alpha value is -1.62. The van der Waals surface area contributed by atoms with E-state index < -0.39 is 0 Å². The third kappa shape index (κ3) is 1.13. The predicted octanol–water partition coefficient (Wildman–Crippen LogP) is 2.07. The molecule has 0 radical (unpaired) electrons. The average Bonchev–Trinajstić information content (AvgIpc) is 2.26. The van der Waals surface area contributed by atoms with Crippen molar-refractivity contribution in [3.8, 4) is 0 Å². The lowest BCUT2D eigenvalue weighted by Crippen LogP contribution is -1.97. The van der Waals surface area contributed by atoms with Crippen molar-refractivity contribution in [2.45, 2.75) is 0 Å². The van der Waals surface area contributed by atoms with E-state index >= 15 is 0 Å². The van der Waals surface area contributed by atoms with Crippen molar-refractivity contribution >= 4 is 34.7 Å². The molecule has 0 aromatic carbocycles. The molecule has 4 nitrogen and oxygen atoms in total. The van der Waals surface area contributed by atoms with Crippen molar-refractivity contribution in [3.05, 3.63) is 29.7 Å². The van der Waals surface area contributed by atoms with Crippen LogP contribution in [0.25, 0.3) is 17.1 Å². The Balaban J connectivity index is 2.34. The number of hydrogen-bond acceptors (Lipinski definition) is 5. The summed E-state index contributed by atoms with van der Waals surface area (Å²) in [6.07, 6.45) is 5.23. The van der Waals surface area contributed by atoms with Gasteiger partial charge in [0.25, 0.3) is 0 Å². The fourth-order valence-corrected chi connectivity index (χ4v) is 1.89. The van der Waals surface area contributed by atoms with Crippen LogP contribution in [-0.2, 0) is 0 Å². The second kappa shape index (κ2) is 2.95. The van der Waals surface area contributed by atoms with Crippen molar-refractivity contribution in [3.63, 3.8) is 0 Å². The number of hydrogen-bond donors (Lipinski definition) is 1. The molecule has 1 aliphatic heterocycles. The normalized spacial score (nSPS) is 13.7. The Bertz CT molecular complexity index is 523. The van der Waals surface area contributed by atoms with Gasteiger partial charge in [0.2, 0.25) is 0 Å². The summed E-state index contributed by atoms with van der Waals surface area (Å²) < 4.78 is 3.16. The van der Waals surface area contributed by atoms with E-state index in [9.17, 15) is 0 Å². The first-order valence-electron chi connectivity index (χ1n) is 4.12. The molecule has 3 rings (SSSR count). The van der Waals surface area contributed by atoms with Gasteiger partial charge in [-0.2, -0.15) is 0 Å². The minimum atomic E-state index is 0.824. The maximum absolute atomic E-state index is 4.43. The number of nitrogens with one attached hydrogen (secondary N) is 1. The molecule has 0 unspecified atom stereocenters. The zero-order chi connectivity index (χ0) is 9.38. The van der Waals surface area contributed by atoms with Crippen LogP contribution in [-0.4, -0.2) is 15.0 Å². The highest BCUT2D eigenvalue weighted by Gasteiger charge is 2.07. The number of pyridine rings is 1. The second-order valence-corrected chi connectivity index (χ2v) is 3.58. The first-order valence-corrected chi connectivity index (χ1v) is 5.00. The molecule has 2 aromatic heterocycles. The molecule has 1 N–H and O–H groups in total. The summed E-state index contributed by atoms with van der Waals surface area (Å²) in [4.78, 5) is 12.5. The van der Waals surface area contributed by atoms with Gasteiger partial charge in [0.1, 0.15) is 11.8 Å². The van der Waals surface area contributed by atoms with E-state index in [4.69, 9.17) is 0 Å². The Morgan fingerprint density at radius 1 is 1.29 bits per heavy atom. The van der Waals surface area contributed by atoms with Gasteiger partial charge in [0, 0.05) is 0 Å². The number of anilines is 1. The van der Waals surface area contributed by atoms with E-state index in [1.165, 1.54) is 18.3 Å². The molecule has 0 saturated carbocycles. The van der Waals surface area contributed by atoms with Crippen molar-refractivity contribution in [2.24, 2.45) is 0 Å². The lowest BCUT2D eigenvalue weighted by Gasteiger charge is -2.10. The molecule has 1 aliphatic rings. The molecule has 0 fully saturated rings. The summed E-state index contributed by atoms with van der Waals surface area (Å²) in [5.74, 6) is 0. The highest BCUT2D eigenvalue weighted by atomic mass is 32.2. The molecule has 14 heavy (non-hydrogen) atoms. The number of nitrogens with zero attached hydrogens (tertiary/aromatic N) is 3. The smallest absolute Gasteiger partial charge is 0.116 e. The zero-order valence-corrected chi connectivity index (χ0v) is 7.95. The molecule has 0 atom stereocenters. The van der Waals surface area contributed by atoms with Crippen molar-refractivity contribution in [1.29, 1.82) is 0 Å². The maximum Gasteiger partial charge on any atom is 0.116 e. The van der Waals surface area contributed by atoms with E-state index in [0.29, 0.717) is 0 Å². The molecule has 2 aromatic rings. The molecule has 0 saturated heterocycles. The molecule has 0 amide bonds. The van der Waals surface area contributed by atoms with Gasteiger partial charge in [0.15, 0.2) is 0 Å². The number of aromatic nitrogens is 3. The van der Waals surface area contributed by atoms with Crippen LogP contribution in [0.2, 0.25) is 0 Å². The molecular weight excluding hydrogens is 196 g/mol. The Morgan fingerprint density at radius 3 is 3.29 bits per heavy atom. The van der Waals surface area contributed by atoms with Crippen LogP contribution in [0.3, 0.4) is 0 Å². The lowest BCUT2D eigenvalue weighted by molar-refractivity contribution is 1.19. The van der Waals surface area contributed by atoms with Crippen molar-refractivity contribution in [1.82, 2.24) is 15.0 Å². The summed E-state index contributed by atoms with van der Waals surface area (Å²) in [7, 11) is 0. The lowest BCUT2D eigenvalue weighted by atomic mass is 10.2. The molecule has 0 spiro atoms. The third-order valence-corrected chi connectivity index (χ3v) is 2.59. The van der Waals surface area contributed by atoms with Gasteiger partial charge in [-0.05, 0) is 29.5 Å². The minimum absolute atomic E-state index is 0.824. The fraction of sp³-hybridized carbons (Fsp3) is 0. The van der Waals surface area contributed by atoms with Gasteiger partial charge in [-0.3, -0.25) is 0 Å². The van der Waals surface area contributed by atoms with Crippen molar-refractivity contribution in [2.75, 3.05) is 4.72 Å². The van der Waals surface area contributed by atoms with Crippen LogP contribution in [0.5, 0.6) is 0 Å². The largest absolute Gasteiger partial charge is 0.324 e. The van der Waals surface area contributed by atoms with E-state index in [1.807, 2.05) is 17.6 Å². The highest BCUT2D eigenvalue weighted by molar-refractivity contribution is 8.03. The van der Waals surface area contributed by atoms with Gasteiger partial charge < -0.3 is 4.72 Å². The van der Waals surface area contributed by atoms with E-state index in [0.717, 1.165) is 22.4 Å². The van der Waals surface area contributed by atoms with Gasteiger partial charge in [-0.1, -0.05) is 0 Å². The van der Waals surface area contributed by atoms with Crippen LogP contribution in [0.1, 0.15) is 5.69 Å². The van der Waals surface area contributed by atoms with E-state index in [1.54, 1.807) is 6.20 Å². The number of rotatable bonds is 0. The van der Waals surface area contributed by atoms with Gasteiger partial charge >= 0.3 is 0 Å². The summed E-state index contributed by atoms with van der Waals surface area (Å²) in [5.41, 5.74) is 3.63. The monoisotopic (exact) mass is 202 g/mol. The SMILES string of the molecule is C1=Cc2nc3cncnc3cc2NS1. The average molecular weight is 202 g/mol. The van der Waals surface area contributed by atoms with Crippen molar-refractivity contribution < 1.29 is 0 Å². The molecule has 0 aliphatic carbocycles. The summed E-state index contributed by atoms with van der Waals surface area (Å²) >= 11 is 1.53. The fourth-order valence-electron chi connectivity index (χ4n) is 1.33. The summed E-state index contributed by atoms with van der Waals surface area (Å²) in [6.45, 7) is 0. The second-order valence-electron chi connectivity index (χ2n) is 2.87. The van der Waals surface area contributed by atoms with Crippen LogP contribution in [0, 0.1) is 0 Å². The molecular formula is C9H6N4S. The van der Waals surface area contributed by atoms with Crippen LogP contribution < -0.4 is 4.72 Å². The van der Waals surface area contributed by atoms with Crippen LogP contribution in [0.4, 0.5) is 5.69 Å². The standard InChI is InChI=1S/C9H6N4S/c1-2-14-13-8-3-7-9(12-6(1)8)4-10-5-11-7/h1-5,13H. The Kier molecular flexibility index (Phi) is 1.63. The zero-order valence-electron chi connectivity index (χ0n) is 7.14. The predicted molar refractivity (Wildman–Crippen MR) is 57.6 cm³/mol. The first-order chi connectivity index (χ1) is 6.93. The third-order valence-electron chi connectivity index (χ3n) is 1.98. The summed E-state index contributed by atoms with van der Waals surface area (Å²) in [6, 6.07) is 1.98. The van der Waals surface area contributed by atoms with Gasteiger partial charge in [-0.25, -0.2) is 15.0 Å². The topological polar surface area (TPSA) is 50.7 Å². The van der Waals surface area contributed by atoms with Gasteiger partial charge in [-0.15, -0.1) is 0 Å². The minimum Gasteiger partial charge on any atom is -0.324 e. The molecule has 3 heterocycles.